The van der Waals surface area contributed by atoms with Crippen molar-refractivity contribution in [2.24, 2.45) is 0 Å². The molecule has 130 valence electrons. The zero-order valence-corrected chi connectivity index (χ0v) is 13.9. The first kappa shape index (κ1) is 16.8. The molecule has 2 aromatic rings. The van der Waals surface area contributed by atoms with Crippen LogP contribution in [0.3, 0.4) is 0 Å². The van der Waals surface area contributed by atoms with Crippen molar-refractivity contribution in [1.82, 2.24) is 0 Å². The van der Waals surface area contributed by atoms with E-state index in [2.05, 4.69) is 15.5 Å². The summed E-state index contributed by atoms with van der Waals surface area (Å²) in [6, 6.07) is 13.7. The lowest BCUT2D eigenvalue weighted by Crippen LogP contribution is -2.30. The van der Waals surface area contributed by atoms with Gasteiger partial charge in [0.25, 0.3) is 0 Å². The fraction of sp³-hybridized carbons (Fsp3) is 0.263. The summed E-state index contributed by atoms with van der Waals surface area (Å²) >= 11 is 0. The van der Waals surface area contributed by atoms with E-state index < -0.39 is 11.8 Å². The molecule has 1 aliphatic heterocycles. The molecule has 0 saturated carbocycles. The summed E-state index contributed by atoms with van der Waals surface area (Å²) in [6.07, 6.45) is 3.67. The number of phenolic OH excluding ortho intramolecular Hbond substituents is 1. The number of carbonyl (C=O) groups excluding carboxylic acids is 2. The van der Waals surface area contributed by atoms with Gasteiger partial charge in [-0.15, -0.1) is 0 Å². The van der Waals surface area contributed by atoms with E-state index in [1.54, 1.807) is 24.3 Å². The monoisotopic (exact) mass is 339 g/mol. The predicted octanol–water partition coefficient (Wildman–Crippen LogP) is 2.96. The van der Waals surface area contributed by atoms with Crippen LogP contribution in [0.2, 0.25) is 0 Å². The number of carbonyl (C=O) groups is 2. The van der Waals surface area contributed by atoms with Crippen molar-refractivity contribution in [2.45, 2.75) is 19.3 Å². The van der Waals surface area contributed by atoms with Crippen molar-refractivity contribution >= 4 is 28.9 Å². The molecule has 1 saturated heterocycles. The average Bonchev–Trinajstić information content (AvgIpc) is 2.65. The second-order valence-corrected chi connectivity index (χ2v) is 6.02. The Morgan fingerprint density at radius 3 is 2.16 bits per heavy atom. The lowest BCUT2D eigenvalue weighted by molar-refractivity contribution is -0.133. The summed E-state index contributed by atoms with van der Waals surface area (Å²) in [7, 11) is 0. The minimum Gasteiger partial charge on any atom is -0.506 e. The van der Waals surface area contributed by atoms with Crippen LogP contribution >= 0.6 is 0 Å². The van der Waals surface area contributed by atoms with Crippen molar-refractivity contribution in [2.75, 3.05) is 28.6 Å². The number of aromatic hydroxyl groups is 1. The third kappa shape index (κ3) is 4.29. The SMILES string of the molecule is O=C(Nc1ccc(N2CCCCC2)cc1)C(=O)Nc1ccccc1O. The van der Waals surface area contributed by atoms with Gasteiger partial charge >= 0.3 is 11.8 Å². The molecule has 3 rings (SSSR count). The Hall–Kier alpha value is -3.02. The maximum atomic E-state index is 12.0. The van der Waals surface area contributed by atoms with Gasteiger partial charge in [0.05, 0.1) is 5.69 Å². The molecule has 2 aromatic carbocycles. The Morgan fingerprint density at radius 2 is 1.48 bits per heavy atom. The molecule has 0 aliphatic carbocycles. The van der Waals surface area contributed by atoms with Crippen LogP contribution in [0.1, 0.15) is 19.3 Å². The van der Waals surface area contributed by atoms with Crippen LogP contribution in [0.15, 0.2) is 48.5 Å². The standard InChI is InChI=1S/C19H21N3O3/c23-17-7-3-2-6-16(17)21-19(25)18(24)20-14-8-10-15(11-9-14)22-12-4-1-5-13-22/h2-3,6-11,23H,1,4-5,12-13H2,(H,20,24)(H,21,25). The fourth-order valence-corrected chi connectivity index (χ4v) is 2.85. The van der Waals surface area contributed by atoms with Crippen LogP contribution in [0, 0.1) is 0 Å². The van der Waals surface area contributed by atoms with Gasteiger partial charge in [-0.3, -0.25) is 9.59 Å². The first-order chi connectivity index (χ1) is 12.1. The molecule has 0 atom stereocenters. The van der Waals surface area contributed by atoms with E-state index in [1.165, 1.54) is 31.4 Å². The van der Waals surface area contributed by atoms with Crippen molar-refractivity contribution < 1.29 is 14.7 Å². The molecule has 0 unspecified atom stereocenters. The van der Waals surface area contributed by atoms with Crippen LogP contribution in [-0.2, 0) is 9.59 Å². The van der Waals surface area contributed by atoms with Crippen molar-refractivity contribution in [3.63, 3.8) is 0 Å². The summed E-state index contributed by atoms with van der Waals surface area (Å²) in [5.74, 6) is -1.70. The molecule has 1 fully saturated rings. The first-order valence-corrected chi connectivity index (χ1v) is 8.39. The third-order valence-electron chi connectivity index (χ3n) is 4.20. The summed E-state index contributed by atoms with van der Waals surface area (Å²) in [6.45, 7) is 2.10. The molecule has 1 aliphatic rings. The van der Waals surface area contributed by atoms with Crippen LogP contribution in [0.4, 0.5) is 17.1 Å². The molecule has 2 amide bonds. The Kier molecular flexibility index (Phi) is 5.18. The minimum atomic E-state index is -0.832. The number of piperidine rings is 1. The van der Waals surface area contributed by atoms with Crippen LogP contribution in [0.25, 0.3) is 0 Å². The lowest BCUT2D eigenvalue weighted by Gasteiger charge is -2.28. The van der Waals surface area contributed by atoms with Crippen LogP contribution < -0.4 is 15.5 Å². The van der Waals surface area contributed by atoms with E-state index in [-0.39, 0.29) is 11.4 Å². The molecule has 0 aromatic heterocycles. The summed E-state index contributed by atoms with van der Waals surface area (Å²) < 4.78 is 0. The van der Waals surface area contributed by atoms with Gasteiger partial charge < -0.3 is 20.6 Å². The molecule has 1 heterocycles. The van der Waals surface area contributed by atoms with E-state index in [9.17, 15) is 14.7 Å². The highest BCUT2D eigenvalue weighted by Crippen LogP contribution is 2.23. The second-order valence-electron chi connectivity index (χ2n) is 6.02. The first-order valence-electron chi connectivity index (χ1n) is 8.39. The number of anilines is 3. The molecule has 0 spiro atoms. The number of rotatable bonds is 3. The minimum absolute atomic E-state index is 0.0884. The molecular weight excluding hydrogens is 318 g/mol. The largest absolute Gasteiger partial charge is 0.506 e. The highest BCUT2D eigenvalue weighted by Gasteiger charge is 2.16. The summed E-state index contributed by atoms with van der Waals surface area (Å²) in [5, 5.41) is 14.6. The number of nitrogens with one attached hydrogen (secondary N) is 2. The zero-order chi connectivity index (χ0) is 17.6. The van der Waals surface area contributed by atoms with Gasteiger partial charge in [-0.2, -0.15) is 0 Å². The van der Waals surface area contributed by atoms with E-state index in [4.69, 9.17) is 0 Å². The van der Waals surface area contributed by atoms with Gasteiger partial charge in [-0.1, -0.05) is 12.1 Å². The number of phenols is 1. The highest BCUT2D eigenvalue weighted by atomic mass is 16.3. The highest BCUT2D eigenvalue weighted by molar-refractivity contribution is 6.43. The lowest BCUT2D eigenvalue weighted by atomic mass is 10.1. The van der Waals surface area contributed by atoms with Gasteiger partial charge in [0.2, 0.25) is 0 Å². The van der Waals surface area contributed by atoms with Crippen molar-refractivity contribution in [3.8, 4) is 5.75 Å². The number of amides is 2. The molecule has 6 heteroatoms. The number of hydrogen-bond acceptors (Lipinski definition) is 4. The summed E-state index contributed by atoms with van der Waals surface area (Å²) in [4.78, 5) is 26.3. The van der Waals surface area contributed by atoms with E-state index in [0.717, 1.165) is 18.8 Å². The van der Waals surface area contributed by atoms with E-state index in [1.807, 2.05) is 12.1 Å². The van der Waals surface area contributed by atoms with E-state index in [0.29, 0.717) is 5.69 Å². The third-order valence-corrected chi connectivity index (χ3v) is 4.20. The number of nitrogens with zero attached hydrogens (tertiary/aromatic N) is 1. The van der Waals surface area contributed by atoms with Crippen molar-refractivity contribution in [3.05, 3.63) is 48.5 Å². The zero-order valence-electron chi connectivity index (χ0n) is 13.9. The maximum absolute atomic E-state index is 12.0. The van der Waals surface area contributed by atoms with Gasteiger partial charge in [-0.05, 0) is 55.7 Å². The van der Waals surface area contributed by atoms with E-state index >= 15 is 0 Å². The number of benzene rings is 2. The summed E-state index contributed by atoms with van der Waals surface area (Å²) in [5.41, 5.74) is 1.87. The Labute approximate surface area is 146 Å². The topological polar surface area (TPSA) is 81.7 Å². The van der Waals surface area contributed by atoms with Crippen LogP contribution in [-0.4, -0.2) is 30.0 Å². The molecular formula is C19H21N3O3. The molecule has 6 nitrogen and oxygen atoms in total. The smallest absolute Gasteiger partial charge is 0.314 e. The normalized spacial score (nSPS) is 14.0. The van der Waals surface area contributed by atoms with Crippen molar-refractivity contribution in [1.29, 1.82) is 0 Å². The average molecular weight is 339 g/mol. The van der Waals surface area contributed by atoms with Gasteiger partial charge in [-0.25, -0.2) is 0 Å². The Bertz CT molecular complexity index is 753. The Balaban J connectivity index is 1.58. The Morgan fingerprint density at radius 1 is 0.840 bits per heavy atom. The van der Waals surface area contributed by atoms with Gasteiger partial charge in [0, 0.05) is 24.5 Å². The molecule has 3 N–H and O–H groups in total. The molecule has 0 bridgehead atoms. The van der Waals surface area contributed by atoms with Crippen LogP contribution in [0.5, 0.6) is 5.75 Å². The van der Waals surface area contributed by atoms with Gasteiger partial charge in [0.1, 0.15) is 5.75 Å². The fourth-order valence-electron chi connectivity index (χ4n) is 2.85. The predicted molar refractivity (Wildman–Crippen MR) is 97.9 cm³/mol. The molecule has 0 radical (unpaired) electrons. The second kappa shape index (κ2) is 7.70. The number of hydrogen-bond donors (Lipinski definition) is 3. The quantitative estimate of drug-likeness (QED) is 0.593. The van der Waals surface area contributed by atoms with Gasteiger partial charge in [0.15, 0.2) is 0 Å². The number of para-hydroxylation sites is 2. The molecule has 25 heavy (non-hydrogen) atoms. The maximum Gasteiger partial charge on any atom is 0.314 e.